The molecule has 2 N–H and O–H groups in total. The molecule has 3 nitrogen and oxygen atoms in total. The van der Waals surface area contributed by atoms with Crippen molar-refractivity contribution in [1.82, 2.24) is 0 Å². The minimum Gasteiger partial charge on any atom is -0.366 e. The second-order valence-corrected chi connectivity index (χ2v) is 7.26. The minimum atomic E-state index is -4.32. The fourth-order valence-corrected chi connectivity index (χ4v) is 4.01. The Bertz CT molecular complexity index is 790. The van der Waals surface area contributed by atoms with Crippen LogP contribution in [0.3, 0.4) is 0 Å². The highest BCUT2D eigenvalue weighted by Crippen LogP contribution is 2.43. The first-order chi connectivity index (χ1) is 11.8. The summed E-state index contributed by atoms with van der Waals surface area (Å²) in [4.78, 5) is 14.6. The normalized spacial score (nSPS) is 16.8. The molecule has 1 heterocycles. The smallest absolute Gasteiger partial charge is 0.366 e. The van der Waals surface area contributed by atoms with Crippen LogP contribution in [0.2, 0.25) is 0 Å². The number of primary amides is 1. The van der Waals surface area contributed by atoms with Crippen molar-refractivity contribution in [2.24, 2.45) is 5.73 Å². The topological polar surface area (TPSA) is 46.3 Å². The van der Waals surface area contributed by atoms with Crippen molar-refractivity contribution in [3.8, 4) is 0 Å². The van der Waals surface area contributed by atoms with E-state index in [9.17, 15) is 18.0 Å². The number of amides is 1. The van der Waals surface area contributed by atoms with Gasteiger partial charge in [-0.3, -0.25) is 4.79 Å². The van der Waals surface area contributed by atoms with Gasteiger partial charge in [0.05, 0.1) is 16.6 Å². The molecule has 2 aromatic rings. The molecular formula is C18H17F3N2OS. The van der Waals surface area contributed by atoms with Crippen molar-refractivity contribution >= 4 is 23.4 Å². The van der Waals surface area contributed by atoms with Crippen molar-refractivity contribution in [3.05, 3.63) is 59.2 Å². The molecule has 0 saturated heterocycles. The molecule has 3 rings (SSSR count). The molecule has 7 heteroatoms. The quantitative estimate of drug-likeness (QED) is 0.877. The molecule has 0 aliphatic carbocycles. The highest BCUT2D eigenvalue weighted by Gasteiger charge is 2.30. The number of rotatable bonds is 4. The van der Waals surface area contributed by atoms with Crippen LogP contribution in [-0.2, 0) is 12.6 Å². The third-order valence-electron chi connectivity index (χ3n) is 4.21. The van der Waals surface area contributed by atoms with Gasteiger partial charge in [0.25, 0.3) is 0 Å². The van der Waals surface area contributed by atoms with E-state index >= 15 is 0 Å². The Balaban J connectivity index is 1.74. The van der Waals surface area contributed by atoms with Crippen molar-refractivity contribution in [1.29, 1.82) is 0 Å². The van der Waals surface area contributed by atoms with Gasteiger partial charge in [0.2, 0.25) is 5.91 Å². The molecule has 0 bridgehead atoms. The molecule has 1 atom stereocenters. The lowest BCUT2D eigenvalue weighted by molar-refractivity contribution is -0.137. The van der Waals surface area contributed by atoms with E-state index in [2.05, 4.69) is 11.8 Å². The Kier molecular flexibility index (Phi) is 4.69. The molecule has 1 aliphatic rings. The first-order valence-electron chi connectivity index (χ1n) is 7.79. The average Bonchev–Trinajstić information content (AvgIpc) is 2.87. The van der Waals surface area contributed by atoms with Gasteiger partial charge in [-0.2, -0.15) is 13.2 Å². The summed E-state index contributed by atoms with van der Waals surface area (Å²) in [6, 6.07) is 10.6. The minimum absolute atomic E-state index is 0.188. The largest absolute Gasteiger partial charge is 0.416 e. The zero-order chi connectivity index (χ0) is 18.2. The molecule has 0 spiro atoms. The number of hydrogen-bond donors (Lipinski definition) is 1. The van der Waals surface area contributed by atoms with Crippen molar-refractivity contribution in [3.63, 3.8) is 0 Å². The van der Waals surface area contributed by atoms with Gasteiger partial charge in [-0.15, -0.1) is 0 Å². The van der Waals surface area contributed by atoms with E-state index in [0.717, 1.165) is 28.3 Å². The Morgan fingerprint density at radius 2 is 1.88 bits per heavy atom. The van der Waals surface area contributed by atoms with Crippen LogP contribution in [0.4, 0.5) is 18.9 Å². The maximum atomic E-state index is 12.6. The lowest BCUT2D eigenvalue weighted by Crippen LogP contribution is -2.29. The summed E-state index contributed by atoms with van der Waals surface area (Å²) in [7, 11) is 0. The molecule has 0 saturated carbocycles. The molecule has 2 aromatic carbocycles. The number of carbonyl (C=O) groups is 1. The maximum absolute atomic E-state index is 12.6. The third-order valence-corrected chi connectivity index (χ3v) is 5.41. The number of thioether (sulfide) groups is 1. The average molecular weight is 366 g/mol. The molecule has 0 radical (unpaired) electrons. The lowest BCUT2D eigenvalue weighted by atomic mass is 10.1. The van der Waals surface area contributed by atoms with Gasteiger partial charge in [-0.1, -0.05) is 23.9 Å². The van der Waals surface area contributed by atoms with E-state index in [1.807, 2.05) is 6.07 Å². The van der Waals surface area contributed by atoms with E-state index in [4.69, 9.17) is 5.73 Å². The van der Waals surface area contributed by atoms with Gasteiger partial charge in [0.1, 0.15) is 0 Å². The first kappa shape index (κ1) is 17.7. The van der Waals surface area contributed by atoms with E-state index in [0.29, 0.717) is 18.5 Å². The Hall–Kier alpha value is -2.15. The van der Waals surface area contributed by atoms with Gasteiger partial charge in [-0.05, 0) is 49.2 Å². The van der Waals surface area contributed by atoms with Crippen LogP contribution in [-0.4, -0.2) is 17.8 Å². The lowest BCUT2D eigenvalue weighted by Gasteiger charge is -2.24. The third kappa shape index (κ3) is 3.76. The molecule has 1 amide bonds. The van der Waals surface area contributed by atoms with Gasteiger partial charge < -0.3 is 10.6 Å². The number of fused-ring (bicyclic) bond motifs is 1. The van der Waals surface area contributed by atoms with E-state index < -0.39 is 17.6 Å². The first-order valence-corrected chi connectivity index (χ1v) is 8.67. The summed E-state index contributed by atoms with van der Waals surface area (Å²) in [5, 5.41) is 0.188. The van der Waals surface area contributed by atoms with Crippen LogP contribution < -0.4 is 10.6 Å². The highest BCUT2D eigenvalue weighted by atomic mass is 32.2. The van der Waals surface area contributed by atoms with Crippen molar-refractivity contribution < 1.29 is 18.0 Å². The van der Waals surface area contributed by atoms with Crippen LogP contribution >= 0.6 is 11.8 Å². The number of alkyl halides is 3. The zero-order valence-corrected chi connectivity index (χ0v) is 14.3. The van der Waals surface area contributed by atoms with E-state index in [1.54, 1.807) is 23.9 Å². The zero-order valence-electron chi connectivity index (χ0n) is 13.5. The SMILES string of the molecule is CC1Sc2ccc(C(N)=O)cc2N1CCc1ccc(C(F)(F)F)cc1. The van der Waals surface area contributed by atoms with Gasteiger partial charge in [-0.25, -0.2) is 0 Å². The second-order valence-electron chi connectivity index (χ2n) is 5.90. The fraction of sp³-hybridized carbons (Fsp3) is 0.278. The molecule has 1 aliphatic heterocycles. The molecule has 0 aromatic heterocycles. The Morgan fingerprint density at radius 1 is 1.20 bits per heavy atom. The number of halogens is 3. The fourth-order valence-electron chi connectivity index (χ4n) is 2.85. The number of carbonyl (C=O) groups excluding carboxylic acids is 1. The van der Waals surface area contributed by atoms with Gasteiger partial charge in [0, 0.05) is 17.0 Å². The van der Waals surface area contributed by atoms with Crippen LogP contribution in [0.1, 0.15) is 28.4 Å². The van der Waals surface area contributed by atoms with Crippen LogP contribution in [0, 0.1) is 0 Å². The predicted molar refractivity (Wildman–Crippen MR) is 92.8 cm³/mol. The Labute approximate surface area is 148 Å². The molecule has 1 unspecified atom stereocenters. The predicted octanol–water partition coefficient (Wildman–Crippen LogP) is 4.31. The summed E-state index contributed by atoms with van der Waals surface area (Å²) in [6.07, 6.45) is -3.70. The van der Waals surface area contributed by atoms with Gasteiger partial charge in [0.15, 0.2) is 0 Å². The summed E-state index contributed by atoms with van der Waals surface area (Å²) >= 11 is 1.69. The summed E-state index contributed by atoms with van der Waals surface area (Å²) in [6.45, 7) is 2.70. The number of anilines is 1. The van der Waals surface area contributed by atoms with Crippen molar-refractivity contribution in [2.45, 2.75) is 29.8 Å². The van der Waals surface area contributed by atoms with Crippen LogP contribution in [0.5, 0.6) is 0 Å². The standard InChI is InChI=1S/C18H17F3N2OS/c1-11-23(15-10-13(17(22)24)4-7-16(15)25-11)9-8-12-2-5-14(6-3-12)18(19,20)21/h2-7,10-11H,8-9H2,1H3,(H2,22,24). The molecule has 25 heavy (non-hydrogen) atoms. The Morgan fingerprint density at radius 3 is 2.48 bits per heavy atom. The number of benzene rings is 2. The van der Waals surface area contributed by atoms with Crippen LogP contribution in [0.25, 0.3) is 0 Å². The monoisotopic (exact) mass is 366 g/mol. The van der Waals surface area contributed by atoms with Gasteiger partial charge >= 0.3 is 6.18 Å². The highest BCUT2D eigenvalue weighted by molar-refractivity contribution is 8.00. The number of nitrogens with two attached hydrogens (primary N) is 1. The molecule has 132 valence electrons. The van der Waals surface area contributed by atoms with Crippen molar-refractivity contribution in [2.75, 3.05) is 11.4 Å². The summed E-state index contributed by atoms with van der Waals surface area (Å²) in [5.41, 5.74) is 6.94. The molecule has 0 fully saturated rings. The maximum Gasteiger partial charge on any atom is 0.416 e. The van der Waals surface area contributed by atoms with Crippen LogP contribution in [0.15, 0.2) is 47.4 Å². The van der Waals surface area contributed by atoms with E-state index in [-0.39, 0.29) is 5.37 Å². The summed E-state index contributed by atoms with van der Waals surface area (Å²) < 4.78 is 37.9. The second kappa shape index (κ2) is 6.63. The number of nitrogens with zero attached hydrogens (tertiary/aromatic N) is 1. The number of hydrogen-bond acceptors (Lipinski definition) is 3. The summed E-state index contributed by atoms with van der Waals surface area (Å²) in [5.74, 6) is -0.477. The van der Waals surface area contributed by atoms with E-state index in [1.165, 1.54) is 12.1 Å². The molecular weight excluding hydrogens is 349 g/mol.